The number of nitrogens with two attached hydrogens (primary N) is 1. The number of benzene rings is 1. The van der Waals surface area contributed by atoms with E-state index >= 15 is 0 Å². The lowest BCUT2D eigenvalue weighted by Crippen LogP contribution is -2.58. The number of hydrogen-bond donors (Lipinski definition) is 3. The number of aliphatic hydroxyl groups is 1. The molecule has 0 heterocycles. The lowest BCUT2D eigenvalue weighted by Gasteiger charge is -2.35. The summed E-state index contributed by atoms with van der Waals surface area (Å²) in [5.74, 6) is -2.12. The molecular formula is C13H15BrF3NO3. The van der Waals surface area contributed by atoms with Crippen LogP contribution in [0.3, 0.4) is 0 Å². The number of hydrogen-bond acceptors (Lipinski definition) is 3. The van der Waals surface area contributed by atoms with E-state index < -0.39 is 29.5 Å². The van der Waals surface area contributed by atoms with Crippen molar-refractivity contribution in [1.82, 2.24) is 0 Å². The molecule has 1 rings (SSSR count). The van der Waals surface area contributed by atoms with Crippen molar-refractivity contribution in [3.8, 4) is 5.75 Å². The van der Waals surface area contributed by atoms with E-state index in [2.05, 4.69) is 15.9 Å². The molecule has 0 bridgehead atoms. The molecule has 4 nitrogen and oxygen atoms in total. The van der Waals surface area contributed by atoms with E-state index in [1.165, 1.54) is 32.0 Å². The second-order valence-electron chi connectivity index (χ2n) is 5.44. The highest BCUT2D eigenvalue weighted by Gasteiger charge is 2.60. The molecule has 118 valence electrons. The Kier molecular flexibility index (Phi) is 4.65. The van der Waals surface area contributed by atoms with Crippen LogP contribution in [0.1, 0.15) is 25.8 Å². The highest BCUT2D eigenvalue weighted by atomic mass is 79.9. The molecule has 0 aliphatic carbocycles. The molecule has 0 saturated heterocycles. The predicted octanol–water partition coefficient (Wildman–Crippen LogP) is 2.60. The highest BCUT2D eigenvalue weighted by molar-refractivity contribution is 9.10. The summed E-state index contributed by atoms with van der Waals surface area (Å²) < 4.78 is 39.4. The van der Waals surface area contributed by atoms with E-state index in [0.29, 0.717) is 4.47 Å². The van der Waals surface area contributed by atoms with Gasteiger partial charge >= 0.3 is 6.18 Å². The second-order valence-corrected chi connectivity index (χ2v) is 6.36. The lowest BCUT2D eigenvalue weighted by atomic mass is 9.74. The number of halogens is 4. The van der Waals surface area contributed by atoms with E-state index in [1.54, 1.807) is 0 Å². The van der Waals surface area contributed by atoms with Gasteiger partial charge in [0.1, 0.15) is 5.75 Å². The second kappa shape index (κ2) is 5.49. The summed E-state index contributed by atoms with van der Waals surface area (Å²) in [5.41, 5.74) is -0.127. The number of rotatable bonds is 4. The molecule has 8 heteroatoms. The lowest BCUT2D eigenvalue weighted by molar-refractivity contribution is -0.255. The van der Waals surface area contributed by atoms with Crippen molar-refractivity contribution >= 4 is 21.8 Å². The molecule has 0 saturated carbocycles. The van der Waals surface area contributed by atoms with Crippen molar-refractivity contribution in [2.45, 2.75) is 37.5 Å². The van der Waals surface area contributed by atoms with E-state index in [-0.39, 0.29) is 11.3 Å². The number of carbonyl (C=O) groups is 1. The summed E-state index contributed by atoms with van der Waals surface area (Å²) in [4.78, 5) is 11.1. The van der Waals surface area contributed by atoms with Crippen LogP contribution >= 0.6 is 15.9 Å². The summed E-state index contributed by atoms with van der Waals surface area (Å²) in [7, 11) is 0. The number of phenols is 1. The number of phenolic OH excluding ortho intramolecular Hbond substituents is 1. The molecule has 0 radical (unpaired) electrons. The first-order chi connectivity index (χ1) is 9.31. The molecule has 4 N–H and O–H groups in total. The van der Waals surface area contributed by atoms with Crippen LogP contribution in [0.5, 0.6) is 5.75 Å². The van der Waals surface area contributed by atoms with Crippen molar-refractivity contribution in [3.63, 3.8) is 0 Å². The first-order valence-electron chi connectivity index (χ1n) is 5.89. The van der Waals surface area contributed by atoms with Crippen LogP contribution < -0.4 is 5.73 Å². The van der Waals surface area contributed by atoms with Crippen LogP contribution in [0.4, 0.5) is 13.2 Å². The van der Waals surface area contributed by atoms with Crippen LogP contribution in [0.25, 0.3) is 0 Å². The zero-order valence-corrected chi connectivity index (χ0v) is 12.9. The van der Waals surface area contributed by atoms with E-state index in [4.69, 9.17) is 5.73 Å². The van der Waals surface area contributed by atoms with Crippen molar-refractivity contribution in [2.75, 3.05) is 0 Å². The van der Waals surface area contributed by atoms with E-state index in [0.717, 1.165) is 0 Å². The zero-order chi connectivity index (χ0) is 16.6. The fraction of sp³-hybridized carbons (Fsp3) is 0.462. The fourth-order valence-electron chi connectivity index (χ4n) is 2.14. The number of alkyl halides is 3. The topological polar surface area (TPSA) is 83.5 Å². The van der Waals surface area contributed by atoms with Crippen molar-refractivity contribution in [2.24, 2.45) is 5.73 Å². The van der Waals surface area contributed by atoms with Crippen LogP contribution in [0.15, 0.2) is 22.7 Å². The minimum Gasteiger partial charge on any atom is -0.508 e. The first kappa shape index (κ1) is 17.8. The van der Waals surface area contributed by atoms with Gasteiger partial charge in [0.25, 0.3) is 5.91 Å². The third-order valence-corrected chi connectivity index (χ3v) is 3.76. The van der Waals surface area contributed by atoms with Crippen molar-refractivity contribution in [3.05, 3.63) is 28.2 Å². The number of primary amides is 1. The molecule has 1 atom stereocenters. The molecule has 1 unspecified atom stereocenters. The molecule has 1 aromatic carbocycles. The maximum atomic E-state index is 12.9. The largest absolute Gasteiger partial charge is 0.508 e. The molecular weight excluding hydrogens is 355 g/mol. The molecule has 0 aliphatic heterocycles. The van der Waals surface area contributed by atoms with Gasteiger partial charge in [-0.25, -0.2) is 0 Å². The smallest absolute Gasteiger partial charge is 0.426 e. The summed E-state index contributed by atoms with van der Waals surface area (Å²) in [6.07, 6.45) is -6.21. The third-order valence-electron chi connectivity index (χ3n) is 3.26. The number of aromatic hydroxyl groups is 1. The van der Waals surface area contributed by atoms with Gasteiger partial charge in [-0.15, -0.1) is 0 Å². The minimum atomic E-state index is -5.21. The third kappa shape index (κ3) is 3.49. The van der Waals surface area contributed by atoms with Crippen molar-refractivity contribution < 1.29 is 28.2 Å². The maximum absolute atomic E-state index is 12.9. The Morgan fingerprint density at radius 2 is 1.86 bits per heavy atom. The first-order valence-corrected chi connectivity index (χ1v) is 6.68. The molecule has 0 spiro atoms. The minimum absolute atomic E-state index is 0.162. The average molecular weight is 370 g/mol. The van der Waals surface area contributed by atoms with Gasteiger partial charge in [-0.1, -0.05) is 35.8 Å². The zero-order valence-electron chi connectivity index (χ0n) is 11.3. The van der Waals surface area contributed by atoms with Gasteiger partial charge < -0.3 is 15.9 Å². The Balaban J connectivity index is 3.27. The van der Waals surface area contributed by atoms with Gasteiger partial charge in [0.2, 0.25) is 5.60 Å². The fourth-order valence-corrected chi connectivity index (χ4v) is 2.49. The van der Waals surface area contributed by atoms with Gasteiger partial charge in [-0.2, -0.15) is 13.2 Å². The maximum Gasteiger partial charge on any atom is 0.426 e. The number of carbonyl (C=O) groups excluding carboxylic acids is 1. The number of amides is 1. The summed E-state index contributed by atoms with van der Waals surface area (Å²) in [5, 5.41) is 19.5. The monoisotopic (exact) mass is 369 g/mol. The SMILES string of the molecule is CC(C)(CC(O)(C(N)=O)C(F)(F)F)c1ccc(Br)cc1O. The Morgan fingerprint density at radius 3 is 2.24 bits per heavy atom. The predicted molar refractivity (Wildman–Crippen MR) is 73.6 cm³/mol. The Morgan fingerprint density at radius 1 is 1.33 bits per heavy atom. The highest BCUT2D eigenvalue weighted by Crippen LogP contribution is 2.43. The molecule has 0 aromatic heterocycles. The van der Waals surface area contributed by atoms with Gasteiger partial charge in [0.15, 0.2) is 0 Å². The van der Waals surface area contributed by atoms with E-state index in [9.17, 15) is 28.2 Å². The summed E-state index contributed by atoms with van der Waals surface area (Å²) in [6, 6.07) is 4.26. The molecule has 21 heavy (non-hydrogen) atoms. The van der Waals surface area contributed by atoms with E-state index in [1.807, 2.05) is 0 Å². The van der Waals surface area contributed by atoms with Gasteiger partial charge in [0, 0.05) is 10.9 Å². The Hall–Kier alpha value is -1.28. The molecule has 0 fully saturated rings. The quantitative estimate of drug-likeness (QED) is 0.762. The van der Waals surface area contributed by atoms with Crippen LogP contribution in [0.2, 0.25) is 0 Å². The van der Waals surface area contributed by atoms with Crippen LogP contribution in [-0.2, 0) is 10.2 Å². The van der Waals surface area contributed by atoms with Gasteiger partial charge in [-0.3, -0.25) is 4.79 Å². The molecule has 0 aliphatic rings. The summed E-state index contributed by atoms with van der Waals surface area (Å²) >= 11 is 3.12. The van der Waals surface area contributed by atoms with Crippen LogP contribution in [0, 0.1) is 0 Å². The molecule has 1 aromatic rings. The molecule has 1 amide bonds. The average Bonchev–Trinajstić information content (AvgIpc) is 2.25. The Labute approximate surface area is 127 Å². The van der Waals surface area contributed by atoms with Crippen molar-refractivity contribution in [1.29, 1.82) is 0 Å². The summed E-state index contributed by atoms with van der Waals surface area (Å²) in [6.45, 7) is 2.74. The van der Waals surface area contributed by atoms with Gasteiger partial charge in [-0.05, 0) is 23.1 Å². The Bertz CT molecular complexity index is 560. The normalized spacial score (nSPS) is 15.6. The van der Waals surface area contributed by atoms with Gasteiger partial charge in [0.05, 0.1) is 0 Å². The van der Waals surface area contributed by atoms with Crippen LogP contribution in [-0.4, -0.2) is 27.9 Å². The standard InChI is InChI=1S/C13H15BrF3NO3/c1-11(2,8-4-3-7(14)5-9(8)19)6-12(21,10(18)20)13(15,16)17/h3-5,19,21H,6H2,1-2H3,(H2,18,20).